The van der Waals surface area contributed by atoms with E-state index in [1.165, 1.54) is 0 Å². The number of anilines is 2. The third-order valence-electron chi connectivity index (χ3n) is 5.99. The van der Waals surface area contributed by atoms with Crippen LogP contribution in [0.4, 0.5) is 11.4 Å². The van der Waals surface area contributed by atoms with Gasteiger partial charge in [-0.15, -0.1) is 0 Å². The molecule has 0 fully saturated rings. The molecule has 0 radical (unpaired) electrons. The number of hydrogen-bond donors (Lipinski definition) is 1. The van der Waals surface area contributed by atoms with Crippen molar-refractivity contribution in [2.45, 2.75) is 38.3 Å². The van der Waals surface area contributed by atoms with E-state index in [-0.39, 0.29) is 13.0 Å². The molecule has 0 aliphatic carbocycles. The van der Waals surface area contributed by atoms with Crippen molar-refractivity contribution in [1.82, 2.24) is 0 Å². The van der Waals surface area contributed by atoms with Crippen LogP contribution in [0.25, 0.3) is 6.08 Å². The van der Waals surface area contributed by atoms with E-state index in [4.69, 9.17) is 9.47 Å². The third kappa shape index (κ3) is 3.03. The number of hydrogen-bond acceptors (Lipinski definition) is 5. The molecule has 1 N–H and O–H groups in total. The lowest BCUT2D eigenvalue weighted by molar-refractivity contribution is -0.145. The van der Waals surface area contributed by atoms with Crippen molar-refractivity contribution >= 4 is 29.3 Å². The molecule has 6 nitrogen and oxygen atoms in total. The predicted molar refractivity (Wildman–Crippen MR) is 117 cm³/mol. The largest absolute Gasteiger partial charge is 0.466 e. The van der Waals surface area contributed by atoms with Gasteiger partial charge in [0.25, 0.3) is 0 Å². The average molecular weight is 406 g/mol. The Morgan fingerprint density at radius 2 is 1.93 bits per heavy atom. The summed E-state index contributed by atoms with van der Waals surface area (Å²) in [7, 11) is 2.02. The lowest BCUT2D eigenvalue weighted by atomic mass is 9.76. The van der Waals surface area contributed by atoms with Crippen LogP contribution in [0.3, 0.4) is 0 Å². The first-order valence-electron chi connectivity index (χ1n) is 10.1. The van der Waals surface area contributed by atoms with Gasteiger partial charge in [-0.05, 0) is 62.8 Å². The Morgan fingerprint density at radius 1 is 1.17 bits per heavy atom. The van der Waals surface area contributed by atoms with Gasteiger partial charge in [0.2, 0.25) is 11.6 Å². The number of benzene rings is 2. The smallest absolute Gasteiger partial charge is 0.315 e. The molecule has 2 aliphatic rings. The number of esters is 1. The highest BCUT2D eigenvalue weighted by Crippen LogP contribution is 2.54. The first-order valence-corrected chi connectivity index (χ1v) is 10.1. The zero-order valence-electron chi connectivity index (χ0n) is 17.7. The second-order valence-corrected chi connectivity index (χ2v) is 8.12. The summed E-state index contributed by atoms with van der Waals surface area (Å²) in [5, 5.41) is 2.80. The van der Waals surface area contributed by atoms with Crippen LogP contribution in [0.2, 0.25) is 0 Å². The number of fused-ring (bicyclic) bond motifs is 2. The molecule has 0 saturated heterocycles. The Kier molecular flexibility index (Phi) is 4.80. The normalized spacial score (nSPS) is 20.3. The standard InChI is InChI=1S/C24H26N2O4/c1-5-29-22(28)15-21(27)25-17-10-11-19-18(14-17)23(2,3)24(26(19)4)13-12-16-8-6-7-9-20(16)30-24/h6-14H,5,15H2,1-4H3,(H,25,27). The van der Waals surface area contributed by atoms with Crippen molar-refractivity contribution in [3.63, 3.8) is 0 Å². The first-order chi connectivity index (χ1) is 14.3. The fraction of sp³-hybridized carbons (Fsp3) is 0.333. The molecule has 2 aliphatic heterocycles. The SMILES string of the molecule is CCOC(=O)CC(=O)Nc1ccc2c(c1)C(C)(C)C1(C=Cc3ccccc3O1)N2C. The molecule has 0 aromatic heterocycles. The minimum Gasteiger partial charge on any atom is -0.466 e. The van der Waals surface area contributed by atoms with E-state index in [9.17, 15) is 9.59 Å². The first kappa shape index (κ1) is 20.0. The number of para-hydroxylation sites is 1. The van der Waals surface area contributed by atoms with Gasteiger partial charge < -0.3 is 19.7 Å². The third-order valence-corrected chi connectivity index (χ3v) is 5.99. The summed E-state index contributed by atoms with van der Waals surface area (Å²) < 4.78 is 11.4. The molecule has 1 spiro atoms. The summed E-state index contributed by atoms with van der Waals surface area (Å²) in [6, 6.07) is 13.8. The van der Waals surface area contributed by atoms with Gasteiger partial charge in [-0.3, -0.25) is 9.59 Å². The second-order valence-electron chi connectivity index (χ2n) is 8.12. The molecule has 1 atom stereocenters. The Bertz CT molecular complexity index is 1040. The Morgan fingerprint density at radius 3 is 2.70 bits per heavy atom. The quantitative estimate of drug-likeness (QED) is 0.611. The van der Waals surface area contributed by atoms with E-state index in [2.05, 4.69) is 36.2 Å². The highest BCUT2D eigenvalue weighted by molar-refractivity contribution is 6.02. The van der Waals surface area contributed by atoms with Crippen molar-refractivity contribution in [2.75, 3.05) is 23.9 Å². The van der Waals surface area contributed by atoms with E-state index < -0.39 is 23.0 Å². The van der Waals surface area contributed by atoms with Crippen LogP contribution in [0.5, 0.6) is 5.75 Å². The summed E-state index contributed by atoms with van der Waals surface area (Å²) in [4.78, 5) is 25.9. The van der Waals surface area contributed by atoms with E-state index >= 15 is 0 Å². The molecule has 0 saturated carbocycles. The van der Waals surface area contributed by atoms with E-state index in [0.717, 1.165) is 22.6 Å². The van der Waals surface area contributed by atoms with Gasteiger partial charge in [0.05, 0.1) is 12.0 Å². The molecule has 2 heterocycles. The predicted octanol–water partition coefficient (Wildman–Crippen LogP) is 4.11. The lowest BCUT2D eigenvalue weighted by Gasteiger charge is -2.45. The number of carbonyl (C=O) groups is 2. The van der Waals surface area contributed by atoms with Crippen molar-refractivity contribution in [3.8, 4) is 5.75 Å². The maximum absolute atomic E-state index is 12.2. The van der Waals surface area contributed by atoms with Crippen molar-refractivity contribution in [2.24, 2.45) is 0 Å². The second kappa shape index (κ2) is 7.20. The fourth-order valence-corrected chi connectivity index (χ4v) is 4.38. The highest BCUT2D eigenvalue weighted by atomic mass is 16.5. The molecule has 0 bridgehead atoms. The summed E-state index contributed by atoms with van der Waals surface area (Å²) in [5.74, 6) is -0.0831. The minimum atomic E-state index is -0.683. The summed E-state index contributed by atoms with van der Waals surface area (Å²) in [6.07, 6.45) is 3.90. The van der Waals surface area contributed by atoms with Crippen LogP contribution in [-0.4, -0.2) is 31.3 Å². The molecular weight excluding hydrogens is 380 g/mol. The maximum atomic E-state index is 12.2. The Labute approximate surface area is 176 Å². The number of rotatable bonds is 4. The number of amides is 1. The fourth-order valence-electron chi connectivity index (χ4n) is 4.38. The molecule has 1 amide bonds. The van der Waals surface area contributed by atoms with Gasteiger partial charge in [-0.2, -0.15) is 0 Å². The zero-order chi connectivity index (χ0) is 21.5. The van der Waals surface area contributed by atoms with Gasteiger partial charge in [0.15, 0.2) is 0 Å². The molecule has 2 aromatic rings. The Balaban J connectivity index is 1.63. The van der Waals surface area contributed by atoms with Gasteiger partial charge >= 0.3 is 5.97 Å². The van der Waals surface area contributed by atoms with Crippen molar-refractivity contribution in [3.05, 3.63) is 59.7 Å². The van der Waals surface area contributed by atoms with Crippen molar-refractivity contribution in [1.29, 1.82) is 0 Å². The van der Waals surface area contributed by atoms with Crippen LogP contribution in [-0.2, 0) is 19.7 Å². The lowest BCUT2D eigenvalue weighted by Crippen LogP contribution is -2.58. The number of ether oxygens (including phenoxy) is 2. The molecule has 30 heavy (non-hydrogen) atoms. The molecule has 156 valence electrons. The van der Waals surface area contributed by atoms with Crippen molar-refractivity contribution < 1.29 is 19.1 Å². The van der Waals surface area contributed by atoms with Gasteiger partial charge in [-0.1, -0.05) is 18.2 Å². The van der Waals surface area contributed by atoms with E-state index in [0.29, 0.717) is 5.69 Å². The highest BCUT2D eigenvalue weighted by Gasteiger charge is 2.57. The summed E-state index contributed by atoms with van der Waals surface area (Å²) in [5.41, 5.74) is 2.70. The van der Waals surface area contributed by atoms with Crippen LogP contribution >= 0.6 is 0 Å². The number of nitrogens with one attached hydrogen (secondary N) is 1. The summed E-state index contributed by atoms with van der Waals surface area (Å²) >= 11 is 0. The summed E-state index contributed by atoms with van der Waals surface area (Å²) in [6.45, 7) is 6.24. The van der Waals surface area contributed by atoms with Gasteiger partial charge in [0, 0.05) is 24.0 Å². The van der Waals surface area contributed by atoms with E-state index in [1.54, 1.807) is 6.92 Å². The zero-order valence-corrected chi connectivity index (χ0v) is 17.7. The van der Waals surface area contributed by atoms with Crippen LogP contribution in [0.1, 0.15) is 38.3 Å². The Hall–Kier alpha value is -3.28. The number of carbonyl (C=O) groups excluding carboxylic acids is 2. The number of nitrogens with zero attached hydrogens (tertiary/aromatic N) is 1. The van der Waals surface area contributed by atoms with Gasteiger partial charge in [0.1, 0.15) is 12.2 Å². The molecule has 1 unspecified atom stereocenters. The monoisotopic (exact) mass is 406 g/mol. The average Bonchev–Trinajstić information content (AvgIpc) is 2.86. The number of likely N-dealkylation sites (N-methyl/N-ethyl adjacent to an activating group) is 1. The topological polar surface area (TPSA) is 67.9 Å². The maximum Gasteiger partial charge on any atom is 0.315 e. The van der Waals surface area contributed by atoms with Crippen LogP contribution in [0, 0.1) is 0 Å². The molecule has 6 heteroatoms. The van der Waals surface area contributed by atoms with Crippen LogP contribution < -0.4 is 15.0 Å². The van der Waals surface area contributed by atoms with E-state index in [1.807, 2.05) is 49.5 Å². The van der Waals surface area contributed by atoms with Gasteiger partial charge in [-0.25, -0.2) is 0 Å². The van der Waals surface area contributed by atoms with Crippen LogP contribution in [0.15, 0.2) is 48.5 Å². The molecule has 2 aromatic carbocycles. The minimum absolute atomic E-state index is 0.254. The molecule has 4 rings (SSSR count). The molecular formula is C24H26N2O4.